The number of H-pyrrole nitrogens is 1. The van der Waals surface area contributed by atoms with Crippen LogP contribution in [0, 0.1) is 0 Å². The normalized spacial score (nSPS) is 11.5. The van der Waals surface area contributed by atoms with Crippen molar-refractivity contribution in [2.75, 3.05) is 13.2 Å². The standard InChI is InChI=1S/C13H16BrN3O3S/c1-2-20-12-4-3-10(14)7-13(12)21(18,19)17-6-5-11-8-15-9-16-11/h3-4,7-9,17H,2,5-6H2,1H3,(H,15,16). The number of imidazole rings is 1. The zero-order valence-corrected chi connectivity index (χ0v) is 13.9. The minimum atomic E-state index is -3.63. The summed E-state index contributed by atoms with van der Waals surface area (Å²) in [6.07, 6.45) is 3.77. The monoisotopic (exact) mass is 373 g/mol. The number of nitrogens with one attached hydrogen (secondary N) is 2. The van der Waals surface area contributed by atoms with Gasteiger partial charge in [0.1, 0.15) is 10.6 Å². The summed E-state index contributed by atoms with van der Waals surface area (Å²) in [5, 5.41) is 0. The van der Waals surface area contributed by atoms with Crippen LogP contribution in [0.2, 0.25) is 0 Å². The fourth-order valence-corrected chi connectivity index (χ4v) is 3.50. The maximum absolute atomic E-state index is 12.4. The minimum Gasteiger partial charge on any atom is -0.492 e. The van der Waals surface area contributed by atoms with E-state index >= 15 is 0 Å². The van der Waals surface area contributed by atoms with E-state index in [1.807, 2.05) is 6.92 Å². The number of benzene rings is 1. The average molecular weight is 374 g/mol. The van der Waals surface area contributed by atoms with E-state index in [-0.39, 0.29) is 11.4 Å². The molecular formula is C13H16BrN3O3S. The molecule has 114 valence electrons. The lowest BCUT2D eigenvalue weighted by Gasteiger charge is -2.12. The van der Waals surface area contributed by atoms with Gasteiger partial charge in [-0.25, -0.2) is 18.1 Å². The highest BCUT2D eigenvalue weighted by Crippen LogP contribution is 2.27. The summed E-state index contributed by atoms with van der Waals surface area (Å²) in [6.45, 7) is 2.49. The number of halogens is 1. The van der Waals surface area contributed by atoms with Gasteiger partial charge in [-0.1, -0.05) is 15.9 Å². The molecule has 0 atom stereocenters. The van der Waals surface area contributed by atoms with E-state index in [1.165, 1.54) is 6.07 Å². The Labute approximate surface area is 132 Å². The van der Waals surface area contributed by atoms with Crippen molar-refractivity contribution in [3.05, 3.63) is 40.9 Å². The number of rotatable bonds is 7. The fourth-order valence-electron chi connectivity index (χ4n) is 1.79. The van der Waals surface area contributed by atoms with E-state index in [0.717, 1.165) is 5.69 Å². The number of sulfonamides is 1. The zero-order valence-electron chi connectivity index (χ0n) is 11.5. The largest absolute Gasteiger partial charge is 0.492 e. The van der Waals surface area contributed by atoms with Gasteiger partial charge in [0.25, 0.3) is 0 Å². The van der Waals surface area contributed by atoms with Crippen molar-refractivity contribution >= 4 is 26.0 Å². The van der Waals surface area contributed by atoms with Crippen molar-refractivity contribution in [1.82, 2.24) is 14.7 Å². The number of aromatic amines is 1. The molecule has 0 aliphatic carbocycles. The molecule has 0 saturated carbocycles. The van der Waals surface area contributed by atoms with Gasteiger partial charge in [-0.2, -0.15) is 0 Å². The Hall–Kier alpha value is -1.38. The van der Waals surface area contributed by atoms with Gasteiger partial charge < -0.3 is 9.72 Å². The summed E-state index contributed by atoms with van der Waals surface area (Å²) >= 11 is 3.28. The smallest absolute Gasteiger partial charge is 0.244 e. The second-order valence-electron chi connectivity index (χ2n) is 4.25. The van der Waals surface area contributed by atoms with Crippen LogP contribution in [0.5, 0.6) is 5.75 Å². The van der Waals surface area contributed by atoms with Crippen LogP contribution in [0.4, 0.5) is 0 Å². The number of hydrogen-bond donors (Lipinski definition) is 2. The number of hydrogen-bond acceptors (Lipinski definition) is 4. The van der Waals surface area contributed by atoms with Gasteiger partial charge in [0, 0.05) is 29.3 Å². The van der Waals surface area contributed by atoms with E-state index in [9.17, 15) is 8.42 Å². The summed E-state index contributed by atoms with van der Waals surface area (Å²) in [6, 6.07) is 4.91. The third-order valence-electron chi connectivity index (χ3n) is 2.74. The van der Waals surface area contributed by atoms with Crippen LogP contribution in [0.15, 0.2) is 40.1 Å². The molecule has 6 nitrogen and oxygen atoms in total. The highest BCUT2D eigenvalue weighted by molar-refractivity contribution is 9.10. The van der Waals surface area contributed by atoms with E-state index in [0.29, 0.717) is 23.2 Å². The highest BCUT2D eigenvalue weighted by Gasteiger charge is 2.19. The van der Waals surface area contributed by atoms with Gasteiger partial charge >= 0.3 is 0 Å². The van der Waals surface area contributed by atoms with Crippen LogP contribution in [0.25, 0.3) is 0 Å². The molecule has 0 radical (unpaired) electrons. The molecule has 1 aromatic heterocycles. The Bertz CT molecular complexity index is 687. The summed E-state index contributed by atoms with van der Waals surface area (Å²) in [7, 11) is -3.63. The SMILES string of the molecule is CCOc1ccc(Br)cc1S(=O)(=O)NCCc1cnc[nH]1. The van der Waals surface area contributed by atoms with Crippen LogP contribution in [-0.2, 0) is 16.4 Å². The molecule has 0 unspecified atom stereocenters. The molecule has 0 amide bonds. The van der Waals surface area contributed by atoms with Crippen molar-refractivity contribution in [3.8, 4) is 5.75 Å². The Morgan fingerprint density at radius 1 is 1.43 bits per heavy atom. The summed E-state index contributed by atoms with van der Waals surface area (Å²) in [4.78, 5) is 6.94. The average Bonchev–Trinajstić information content (AvgIpc) is 2.94. The molecule has 1 aromatic carbocycles. The van der Waals surface area contributed by atoms with Gasteiger partial charge in [0.05, 0.1) is 12.9 Å². The maximum atomic E-state index is 12.4. The van der Waals surface area contributed by atoms with Crippen molar-refractivity contribution < 1.29 is 13.2 Å². The summed E-state index contributed by atoms with van der Waals surface area (Å²) < 4.78 is 33.4. The molecule has 0 aliphatic heterocycles. The molecule has 1 heterocycles. The topological polar surface area (TPSA) is 84.1 Å². The van der Waals surface area contributed by atoms with E-state index in [4.69, 9.17) is 4.74 Å². The minimum absolute atomic E-state index is 0.128. The predicted molar refractivity (Wildman–Crippen MR) is 82.8 cm³/mol. The first-order valence-corrected chi connectivity index (χ1v) is 8.70. The molecule has 21 heavy (non-hydrogen) atoms. The molecule has 8 heteroatoms. The van der Waals surface area contributed by atoms with E-state index in [2.05, 4.69) is 30.6 Å². The fraction of sp³-hybridized carbons (Fsp3) is 0.308. The molecule has 2 aromatic rings. The van der Waals surface area contributed by atoms with Crippen LogP contribution < -0.4 is 9.46 Å². The second-order valence-corrected chi connectivity index (χ2v) is 6.90. The lowest BCUT2D eigenvalue weighted by molar-refractivity contribution is 0.331. The number of nitrogens with zero attached hydrogens (tertiary/aromatic N) is 1. The van der Waals surface area contributed by atoms with Gasteiger partial charge in [-0.05, 0) is 25.1 Å². The lowest BCUT2D eigenvalue weighted by atomic mass is 10.3. The van der Waals surface area contributed by atoms with Crippen molar-refractivity contribution in [3.63, 3.8) is 0 Å². The highest BCUT2D eigenvalue weighted by atomic mass is 79.9. The van der Waals surface area contributed by atoms with Crippen molar-refractivity contribution in [2.45, 2.75) is 18.2 Å². The van der Waals surface area contributed by atoms with Crippen molar-refractivity contribution in [1.29, 1.82) is 0 Å². The molecular weight excluding hydrogens is 358 g/mol. The first-order valence-electron chi connectivity index (χ1n) is 6.42. The lowest BCUT2D eigenvalue weighted by Crippen LogP contribution is -2.26. The van der Waals surface area contributed by atoms with Gasteiger partial charge in [-0.3, -0.25) is 0 Å². The molecule has 0 spiro atoms. The third kappa shape index (κ3) is 4.29. The van der Waals surface area contributed by atoms with E-state index in [1.54, 1.807) is 24.7 Å². The Morgan fingerprint density at radius 3 is 2.90 bits per heavy atom. The Morgan fingerprint density at radius 2 is 2.24 bits per heavy atom. The van der Waals surface area contributed by atoms with Crippen LogP contribution in [0.3, 0.4) is 0 Å². The number of aromatic nitrogens is 2. The van der Waals surface area contributed by atoms with E-state index < -0.39 is 10.0 Å². The van der Waals surface area contributed by atoms with Crippen molar-refractivity contribution in [2.24, 2.45) is 0 Å². The number of ether oxygens (including phenoxy) is 1. The summed E-state index contributed by atoms with van der Waals surface area (Å²) in [5.41, 5.74) is 0.872. The van der Waals surface area contributed by atoms with Gasteiger partial charge in [-0.15, -0.1) is 0 Å². The Kier molecular flexibility index (Phi) is 5.38. The Balaban J connectivity index is 2.12. The molecule has 0 aliphatic rings. The second kappa shape index (κ2) is 7.06. The molecule has 0 fully saturated rings. The van der Waals surface area contributed by atoms with Crippen LogP contribution in [-0.4, -0.2) is 31.5 Å². The summed E-state index contributed by atoms with van der Waals surface area (Å²) in [5.74, 6) is 0.342. The zero-order chi connectivity index (χ0) is 15.3. The van der Waals surface area contributed by atoms with Crippen LogP contribution >= 0.6 is 15.9 Å². The molecule has 0 bridgehead atoms. The first-order chi connectivity index (χ1) is 10.0. The first kappa shape index (κ1) is 16.0. The van der Waals surface area contributed by atoms with Gasteiger partial charge in [0.15, 0.2) is 0 Å². The molecule has 2 N–H and O–H groups in total. The molecule has 2 rings (SSSR count). The van der Waals surface area contributed by atoms with Gasteiger partial charge in [0.2, 0.25) is 10.0 Å². The van der Waals surface area contributed by atoms with Crippen LogP contribution in [0.1, 0.15) is 12.6 Å². The maximum Gasteiger partial charge on any atom is 0.244 e. The third-order valence-corrected chi connectivity index (χ3v) is 4.71. The quantitative estimate of drug-likeness (QED) is 0.778. The predicted octanol–water partition coefficient (Wildman–Crippen LogP) is 2.09. The molecule has 0 saturated heterocycles.